The van der Waals surface area contributed by atoms with E-state index in [1.165, 1.54) is 49.4 Å². The first-order valence-electron chi connectivity index (χ1n) is 9.78. The summed E-state index contributed by atoms with van der Waals surface area (Å²) in [6.07, 6.45) is 0. The van der Waals surface area contributed by atoms with Crippen molar-refractivity contribution in [3.05, 3.63) is 83.4 Å². The van der Waals surface area contributed by atoms with Crippen LogP contribution >= 0.6 is 0 Å². The monoisotopic (exact) mass is 353 g/mol. The van der Waals surface area contributed by atoms with E-state index >= 15 is 0 Å². The van der Waals surface area contributed by atoms with Crippen LogP contribution in [0.5, 0.6) is 0 Å². The molecule has 0 aliphatic carbocycles. The maximum Gasteiger partial charge on any atom is 0.0236 e. The van der Waals surface area contributed by atoms with Gasteiger partial charge in [0.1, 0.15) is 0 Å². The Kier molecular flexibility index (Phi) is 4.72. The van der Waals surface area contributed by atoms with E-state index in [0.717, 1.165) is 13.1 Å². The van der Waals surface area contributed by atoms with Gasteiger partial charge in [0.15, 0.2) is 0 Å². The summed E-state index contributed by atoms with van der Waals surface area (Å²) >= 11 is 0. The topological polar surface area (TPSA) is 3.24 Å². The van der Waals surface area contributed by atoms with E-state index < -0.39 is 0 Å². The van der Waals surface area contributed by atoms with E-state index in [-0.39, 0.29) is 0 Å². The third-order valence-electron chi connectivity index (χ3n) is 5.79. The third-order valence-corrected chi connectivity index (χ3v) is 5.79. The van der Waals surface area contributed by atoms with Gasteiger partial charge in [-0.3, -0.25) is 0 Å². The first-order chi connectivity index (χ1) is 13.1. The molecule has 1 heteroatoms. The van der Waals surface area contributed by atoms with E-state index in [4.69, 9.17) is 0 Å². The Morgan fingerprint density at radius 1 is 0.778 bits per heavy atom. The van der Waals surface area contributed by atoms with E-state index in [2.05, 4.69) is 99.4 Å². The van der Waals surface area contributed by atoms with Gasteiger partial charge >= 0.3 is 0 Å². The number of hydrogen-bond acceptors (Lipinski definition) is 1. The van der Waals surface area contributed by atoms with Crippen LogP contribution in [0.3, 0.4) is 0 Å². The van der Waals surface area contributed by atoms with Crippen LogP contribution in [0.15, 0.2) is 66.7 Å². The highest BCUT2D eigenvalue weighted by atomic mass is 15.1. The molecule has 0 saturated heterocycles. The molecule has 0 heterocycles. The van der Waals surface area contributed by atoms with Crippen LogP contribution in [0, 0.1) is 13.8 Å². The van der Waals surface area contributed by atoms with Crippen molar-refractivity contribution in [3.63, 3.8) is 0 Å². The van der Waals surface area contributed by atoms with Crippen molar-refractivity contribution in [1.82, 2.24) is 4.90 Å². The molecule has 0 fully saturated rings. The summed E-state index contributed by atoms with van der Waals surface area (Å²) in [5.41, 5.74) is 6.87. The highest BCUT2D eigenvalue weighted by Crippen LogP contribution is 2.38. The molecule has 0 bridgehead atoms. The lowest BCUT2D eigenvalue weighted by Crippen LogP contribution is -2.17. The van der Waals surface area contributed by atoms with Gasteiger partial charge in [-0.05, 0) is 88.9 Å². The molecule has 0 unspecified atom stereocenters. The van der Waals surface area contributed by atoms with E-state index in [0.29, 0.717) is 0 Å². The fraction of sp³-hybridized carbons (Fsp3) is 0.231. The first-order valence-corrected chi connectivity index (χ1v) is 9.78. The molecule has 0 aliphatic heterocycles. The van der Waals surface area contributed by atoms with Crippen LogP contribution in [-0.2, 0) is 6.54 Å². The minimum absolute atomic E-state index is 0.967. The zero-order valence-electron chi connectivity index (χ0n) is 16.7. The molecule has 0 aromatic heterocycles. The molecule has 0 atom stereocenters. The predicted molar refractivity (Wildman–Crippen MR) is 118 cm³/mol. The second-order valence-corrected chi connectivity index (χ2v) is 7.60. The minimum Gasteiger partial charge on any atom is -0.302 e. The normalized spacial score (nSPS) is 11.6. The molecule has 0 saturated carbocycles. The molecule has 0 spiro atoms. The summed E-state index contributed by atoms with van der Waals surface area (Å²) in [6, 6.07) is 24.6. The number of rotatable bonds is 4. The van der Waals surface area contributed by atoms with Gasteiger partial charge in [-0.15, -0.1) is 0 Å². The van der Waals surface area contributed by atoms with Gasteiger partial charge in [0, 0.05) is 6.54 Å². The highest BCUT2D eigenvalue weighted by Gasteiger charge is 2.14. The Hall–Kier alpha value is -2.64. The summed E-state index contributed by atoms with van der Waals surface area (Å²) in [5.74, 6) is 0. The van der Waals surface area contributed by atoms with Crippen LogP contribution in [-0.4, -0.2) is 18.5 Å². The van der Waals surface area contributed by atoms with Crippen molar-refractivity contribution in [2.75, 3.05) is 13.6 Å². The summed E-state index contributed by atoms with van der Waals surface area (Å²) < 4.78 is 0. The zero-order valence-corrected chi connectivity index (χ0v) is 16.7. The predicted octanol–water partition coefficient (Wildman–Crippen LogP) is 6.73. The number of benzene rings is 4. The maximum absolute atomic E-state index is 2.37. The van der Waals surface area contributed by atoms with E-state index in [9.17, 15) is 0 Å². The van der Waals surface area contributed by atoms with Crippen molar-refractivity contribution in [2.45, 2.75) is 27.3 Å². The molecule has 136 valence electrons. The van der Waals surface area contributed by atoms with Crippen LogP contribution in [0.4, 0.5) is 0 Å². The van der Waals surface area contributed by atoms with Crippen molar-refractivity contribution in [2.24, 2.45) is 0 Å². The van der Waals surface area contributed by atoms with Crippen molar-refractivity contribution >= 4 is 21.5 Å². The lowest BCUT2D eigenvalue weighted by Gasteiger charge is -2.20. The zero-order chi connectivity index (χ0) is 19.0. The van der Waals surface area contributed by atoms with Gasteiger partial charge in [-0.25, -0.2) is 0 Å². The number of fused-ring (bicyclic) bond motifs is 2. The Bertz CT molecular complexity index is 1120. The molecular weight excluding hydrogens is 326 g/mol. The van der Waals surface area contributed by atoms with Crippen molar-refractivity contribution in [1.29, 1.82) is 0 Å². The lowest BCUT2D eigenvalue weighted by atomic mass is 9.87. The average molecular weight is 354 g/mol. The first kappa shape index (κ1) is 17.8. The largest absolute Gasteiger partial charge is 0.302 e. The Balaban J connectivity index is 2.04. The quantitative estimate of drug-likeness (QED) is 0.368. The van der Waals surface area contributed by atoms with Gasteiger partial charge in [0.25, 0.3) is 0 Å². The molecule has 27 heavy (non-hydrogen) atoms. The summed E-state index contributed by atoms with van der Waals surface area (Å²) in [7, 11) is 2.19. The van der Waals surface area contributed by atoms with Crippen LogP contribution < -0.4 is 0 Å². The lowest BCUT2D eigenvalue weighted by molar-refractivity contribution is 0.346. The van der Waals surface area contributed by atoms with Gasteiger partial charge in [-0.1, -0.05) is 61.5 Å². The SMILES string of the molecule is CCN(C)Cc1ccccc1-c1c(C)c(C)cc2cc3ccccc3cc12. The minimum atomic E-state index is 0.967. The highest BCUT2D eigenvalue weighted by molar-refractivity contribution is 6.06. The number of aryl methyl sites for hydroxylation is 1. The molecule has 4 aromatic carbocycles. The summed E-state index contributed by atoms with van der Waals surface area (Å²) in [5, 5.41) is 5.28. The number of nitrogens with zero attached hydrogens (tertiary/aromatic N) is 1. The van der Waals surface area contributed by atoms with Gasteiger partial charge in [-0.2, -0.15) is 0 Å². The smallest absolute Gasteiger partial charge is 0.0236 e. The van der Waals surface area contributed by atoms with Gasteiger partial charge in [0.2, 0.25) is 0 Å². The van der Waals surface area contributed by atoms with Crippen LogP contribution in [0.25, 0.3) is 32.7 Å². The van der Waals surface area contributed by atoms with Crippen molar-refractivity contribution in [3.8, 4) is 11.1 Å². The summed E-state index contributed by atoms with van der Waals surface area (Å²) in [6.45, 7) is 8.72. The van der Waals surface area contributed by atoms with E-state index in [1.54, 1.807) is 0 Å². The molecule has 0 N–H and O–H groups in total. The molecule has 0 aliphatic rings. The van der Waals surface area contributed by atoms with Gasteiger partial charge < -0.3 is 4.90 Å². The fourth-order valence-corrected chi connectivity index (χ4v) is 3.99. The van der Waals surface area contributed by atoms with Crippen LogP contribution in [0.2, 0.25) is 0 Å². The Labute approximate surface area is 162 Å². The standard InChI is InChI=1S/C26H27N/c1-5-27(4)17-22-12-8-9-13-24(22)26-19(3)18(2)14-23-15-20-10-6-7-11-21(20)16-25(23)26/h6-16H,5,17H2,1-4H3. The fourth-order valence-electron chi connectivity index (χ4n) is 3.99. The number of hydrogen-bond donors (Lipinski definition) is 0. The molecule has 0 amide bonds. The second kappa shape index (κ2) is 7.17. The second-order valence-electron chi connectivity index (χ2n) is 7.60. The molecule has 4 aromatic rings. The molecular formula is C26H27N. The van der Waals surface area contributed by atoms with Crippen LogP contribution in [0.1, 0.15) is 23.6 Å². The van der Waals surface area contributed by atoms with Crippen molar-refractivity contribution < 1.29 is 0 Å². The molecule has 1 nitrogen and oxygen atoms in total. The average Bonchev–Trinajstić information content (AvgIpc) is 2.68. The molecule has 4 rings (SSSR count). The summed E-state index contributed by atoms with van der Waals surface area (Å²) in [4.78, 5) is 2.36. The third kappa shape index (κ3) is 3.24. The Morgan fingerprint density at radius 3 is 2.19 bits per heavy atom. The van der Waals surface area contributed by atoms with Gasteiger partial charge in [0.05, 0.1) is 0 Å². The maximum atomic E-state index is 2.37. The van der Waals surface area contributed by atoms with E-state index in [1.807, 2.05) is 0 Å². The Morgan fingerprint density at radius 2 is 1.44 bits per heavy atom. The molecule has 0 radical (unpaired) electrons.